The summed E-state index contributed by atoms with van der Waals surface area (Å²) in [6.07, 6.45) is 0.758. The lowest BCUT2D eigenvalue weighted by molar-refractivity contribution is 0.431. The topological polar surface area (TPSA) is 68.8 Å². The Morgan fingerprint density at radius 2 is 2.04 bits per heavy atom. The number of nitrogens with one attached hydrogen (secondary N) is 1. The Labute approximate surface area is 163 Å². The Kier molecular flexibility index (Phi) is 4.35. The fraction of sp³-hybridized carbons (Fsp3) is 0.176. The van der Waals surface area contributed by atoms with Gasteiger partial charge < -0.3 is 11.1 Å². The van der Waals surface area contributed by atoms with Gasteiger partial charge in [-0.1, -0.05) is 57.3 Å². The van der Waals surface area contributed by atoms with Crippen LogP contribution in [0.5, 0.6) is 0 Å². The van der Waals surface area contributed by atoms with Crippen molar-refractivity contribution in [3.05, 3.63) is 68.1 Å². The molecule has 0 bridgehead atoms. The molecular weight excluding hydrogens is 425 g/mol. The molecule has 1 aromatic heterocycles. The van der Waals surface area contributed by atoms with Crippen molar-refractivity contribution in [1.29, 1.82) is 0 Å². The first-order chi connectivity index (χ1) is 12.0. The largest absolute Gasteiger partial charge is 0.366 e. The molecule has 0 saturated carbocycles. The Morgan fingerprint density at radius 1 is 1.20 bits per heavy atom. The van der Waals surface area contributed by atoms with E-state index in [1.807, 2.05) is 28.9 Å². The predicted molar refractivity (Wildman–Crippen MR) is 104 cm³/mol. The van der Waals surface area contributed by atoms with Gasteiger partial charge in [-0.15, -0.1) is 5.10 Å². The van der Waals surface area contributed by atoms with Gasteiger partial charge in [0, 0.05) is 14.5 Å². The number of benzene rings is 2. The molecule has 0 fully saturated rings. The first-order valence-corrected chi connectivity index (χ1v) is 9.25. The maximum atomic E-state index is 6.41. The number of aromatic nitrogens is 3. The second-order valence-electron chi connectivity index (χ2n) is 5.91. The second kappa shape index (κ2) is 6.52. The molecule has 4 rings (SSSR count). The number of rotatable bonds is 2. The van der Waals surface area contributed by atoms with Gasteiger partial charge in [-0.2, -0.15) is 4.98 Å². The van der Waals surface area contributed by atoms with Gasteiger partial charge in [0.2, 0.25) is 11.9 Å². The van der Waals surface area contributed by atoms with E-state index in [0.29, 0.717) is 16.0 Å². The minimum atomic E-state index is -0.0233. The second-order valence-corrected chi connectivity index (χ2v) is 7.67. The Balaban J connectivity index is 1.78. The number of nitrogen functional groups attached to an aromatic ring is 1. The van der Waals surface area contributed by atoms with Crippen LogP contribution in [0.25, 0.3) is 0 Å². The van der Waals surface area contributed by atoms with E-state index in [0.717, 1.165) is 22.0 Å². The molecule has 1 aliphatic heterocycles. The third-order valence-corrected chi connectivity index (χ3v) is 5.33. The molecule has 2 atom stereocenters. The highest BCUT2D eigenvalue weighted by Crippen LogP contribution is 2.40. The van der Waals surface area contributed by atoms with Gasteiger partial charge in [-0.25, -0.2) is 4.68 Å². The number of nitrogens with zero attached hydrogens (tertiary/aromatic N) is 3. The maximum absolute atomic E-state index is 6.41. The molecule has 5 nitrogen and oxygen atoms in total. The van der Waals surface area contributed by atoms with E-state index >= 15 is 0 Å². The van der Waals surface area contributed by atoms with Crippen molar-refractivity contribution in [3.8, 4) is 0 Å². The number of halogens is 3. The van der Waals surface area contributed by atoms with Crippen LogP contribution in [0.1, 0.15) is 29.6 Å². The molecule has 0 saturated heterocycles. The number of nitrogens with two attached hydrogens (primary N) is 1. The summed E-state index contributed by atoms with van der Waals surface area (Å²) in [5.74, 6) is 0.870. The van der Waals surface area contributed by atoms with Crippen molar-refractivity contribution in [2.75, 3.05) is 11.1 Å². The fourth-order valence-electron chi connectivity index (χ4n) is 3.17. The monoisotopic (exact) mass is 437 g/mol. The maximum Gasteiger partial charge on any atom is 0.241 e. The van der Waals surface area contributed by atoms with Crippen molar-refractivity contribution >= 4 is 51.0 Å². The summed E-state index contributed by atoms with van der Waals surface area (Å²) in [4.78, 5) is 4.31. The Hall–Kier alpha value is -1.76. The van der Waals surface area contributed by atoms with E-state index in [9.17, 15) is 0 Å². The third-order valence-electron chi connectivity index (χ3n) is 4.28. The van der Waals surface area contributed by atoms with E-state index in [1.54, 1.807) is 6.07 Å². The summed E-state index contributed by atoms with van der Waals surface area (Å²) in [6, 6.07) is 13.7. The SMILES string of the molecule is Nc1nc2n(n1)[C@H](c1cccc(Br)c1)C[C@H](c1ccc(Cl)cc1Cl)N2. The summed E-state index contributed by atoms with van der Waals surface area (Å²) in [7, 11) is 0. The van der Waals surface area contributed by atoms with Crippen LogP contribution in [0.3, 0.4) is 0 Å². The summed E-state index contributed by atoms with van der Waals surface area (Å²) in [6.45, 7) is 0. The normalized spacial score (nSPS) is 19.3. The standard InChI is InChI=1S/C17H14BrCl2N5/c18-10-3-1-2-9(6-10)15-8-14(12-5-4-11(19)7-13(12)20)22-17-23-16(21)24-25(15)17/h1-7,14-15H,8H2,(H3,21,22,23,24)/t14-,15+/m1/s1. The molecule has 0 aliphatic carbocycles. The average Bonchev–Trinajstić information content (AvgIpc) is 2.94. The Bertz CT molecular complexity index is 943. The minimum Gasteiger partial charge on any atom is -0.366 e. The summed E-state index contributed by atoms with van der Waals surface area (Å²) < 4.78 is 2.84. The van der Waals surface area contributed by atoms with Crippen LogP contribution in [0, 0.1) is 0 Å². The van der Waals surface area contributed by atoms with Crippen LogP contribution >= 0.6 is 39.1 Å². The molecule has 128 valence electrons. The molecule has 0 amide bonds. The fourth-order valence-corrected chi connectivity index (χ4v) is 4.13. The smallest absolute Gasteiger partial charge is 0.241 e. The van der Waals surface area contributed by atoms with Crippen LogP contribution < -0.4 is 11.1 Å². The van der Waals surface area contributed by atoms with Gasteiger partial charge in [-0.05, 0) is 41.8 Å². The zero-order valence-corrected chi connectivity index (χ0v) is 16.1. The Morgan fingerprint density at radius 3 is 2.80 bits per heavy atom. The van der Waals surface area contributed by atoms with Crippen LogP contribution in [-0.2, 0) is 0 Å². The highest BCUT2D eigenvalue weighted by atomic mass is 79.9. The van der Waals surface area contributed by atoms with Crippen molar-refractivity contribution < 1.29 is 0 Å². The zero-order valence-electron chi connectivity index (χ0n) is 13.0. The van der Waals surface area contributed by atoms with Gasteiger partial charge in [-0.3, -0.25) is 0 Å². The van der Waals surface area contributed by atoms with E-state index in [2.05, 4.69) is 43.5 Å². The van der Waals surface area contributed by atoms with Gasteiger partial charge in [0.15, 0.2) is 0 Å². The first kappa shape index (κ1) is 16.7. The molecule has 3 N–H and O–H groups in total. The number of fused-ring (bicyclic) bond motifs is 1. The van der Waals surface area contributed by atoms with Gasteiger partial charge in [0.1, 0.15) is 0 Å². The summed E-state index contributed by atoms with van der Waals surface area (Å²) >= 11 is 16.0. The summed E-state index contributed by atoms with van der Waals surface area (Å²) in [5, 5.41) is 8.97. The number of hydrogen-bond acceptors (Lipinski definition) is 4. The van der Waals surface area contributed by atoms with Crippen molar-refractivity contribution in [2.45, 2.75) is 18.5 Å². The van der Waals surface area contributed by atoms with Gasteiger partial charge in [0.25, 0.3) is 0 Å². The molecule has 2 aromatic carbocycles. The molecule has 8 heteroatoms. The molecule has 25 heavy (non-hydrogen) atoms. The van der Waals surface area contributed by atoms with Crippen LogP contribution in [0.2, 0.25) is 10.0 Å². The highest BCUT2D eigenvalue weighted by molar-refractivity contribution is 9.10. The minimum absolute atomic E-state index is 0.00436. The van der Waals surface area contributed by atoms with Crippen molar-refractivity contribution in [1.82, 2.24) is 14.8 Å². The molecular formula is C17H14BrCl2N5. The molecule has 1 aliphatic rings. The number of hydrogen-bond donors (Lipinski definition) is 2. The number of anilines is 2. The van der Waals surface area contributed by atoms with Crippen LogP contribution in [-0.4, -0.2) is 14.8 Å². The molecule has 3 aromatic rings. The van der Waals surface area contributed by atoms with E-state index in [-0.39, 0.29) is 18.0 Å². The van der Waals surface area contributed by atoms with E-state index in [4.69, 9.17) is 28.9 Å². The van der Waals surface area contributed by atoms with E-state index in [1.165, 1.54) is 0 Å². The molecule has 0 spiro atoms. The van der Waals surface area contributed by atoms with E-state index < -0.39 is 0 Å². The lowest BCUT2D eigenvalue weighted by Gasteiger charge is -2.32. The van der Waals surface area contributed by atoms with Crippen LogP contribution in [0.4, 0.5) is 11.9 Å². The van der Waals surface area contributed by atoms with Crippen molar-refractivity contribution in [3.63, 3.8) is 0 Å². The molecule has 2 heterocycles. The molecule has 0 radical (unpaired) electrons. The average molecular weight is 439 g/mol. The van der Waals surface area contributed by atoms with Crippen molar-refractivity contribution in [2.24, 2.45) is 0 Å². The van der Waals surface area contributed by atoms with Gasteiger partial charge >= 0.3 is 0 Å². The quantitative estimate of drug-likeness (QED) is 0.585. The first-order valence-electron chi connectivity index (χ1n) is 7.70. The zero-order chi connectivity index (χ0) is 17.6. The highest BCUT2D eigenvalue weighted by Gasteiger charge is 2.31. The lowest BCUT2D eigenvalue weighted by Crippen LogP contribution is -2.28. The lowest BCUT2D eigenvalue weighted by atomic mass is 9.93. The molecule has 0 unspecified atom stereocenters. The van der Waals surface area contributed by atoms with Gasteiger partial charge in [0.05, 0.1) is 12.1 Å². The predicted octanol–water partition coefficient (Wildman–Crippen LogP) is 5.08. The third kappa shape index (κ3) is 3.21. The van der Waals surface area contributed by atoms with Crippen LogP contribution in [0.15, 0.2) is 46.9 Å². The summed E-state index contributed by atoms with van der Waals surface area (Å²) in [5.41, 5.74) is 7.92.